The molecule has 0 aliphatic heterocycles. The maximum absolute atomic E-state index is 12.2. The lowest BCUT2D eigenvalue weighted by molar-refractivity contribution is 0.0904. The molecule has 1 aromatic heterocycles. The average Bonchev–Trinajstić information content (AvgIpc) is 2.53. The Morgan fingerprint density at radius 1 is 1.35 bits per heavy atom. The first-order chi connectivity index (χ1) is 7.84. The molecule has 0 aliphatic carbocycles. The fourth-order valence-electron chi connectivity index (χ4n) is 1.75. The molecule has 0 spiro atoms. The van der Waals surface area contributed by atoms with Crippen molar-refractivity contribution in [2.45, 2.75) is 46.6 Å². The lowest BCUT2D eigenvalue weighted by Crippen LogP contribution is -2.51. The summed E-state index contributed by atoms with van der Waals surface area (Å²) in [4.78, 5) is 12.2. The van der Waals surface area contributed by atoms with E-state index >= 15 is 0 Å². The summed E-state index contributed by atoms with van der Waals surface area (Å²) in [6, 6.07) is 0. The van der Waals surface area contributed by atoms with E-state index in [9.17, 15) is 4.79 Å². The summed E-state index contributed by atoms with van der Waals surface area (Å²) in [6.45, 7) is 9.94. The van der Waals surface area contributed by atoms with Gasteiger partial charge in [-0.3, -0.25) is 4.79 Å². The van der Waals surface area contributed by atoms with Crippen LogP contribution in [0.4, 0.5) is 0 Å². The quantitative estimate of drug-likeness (QED) is 0.843. The van der Waals surface area contributed by atoms with Crippen molar-refractivity contribution in [2.75, 3.05) is 6.54 Å². The van der Waals surface area contributed by atoms with Crippen molar-refractivity contribution in [1.29, 1.82) is 0 Å². The molecule has 0 fully saturated rings. The zero-order valence-electron chi connectivity index (χ0n) is 11.3. The fourth-order valence-corrected chi connectivity index (χ4v) is 1.75. The lowest BCUT2D eigenvalue weighted by atomic mass is 9.98. The first kappa shape index (κ1) is 13.8. The summed E-state index contributed by atoms with van der Waals surface area (Å²) >= 11 is 0. The Labute approximate surface area is 103 Å². The molecule has 0 saturated heterocycles. The van der Waals surface area contributed by atoms with Gasteiger partial charge in [0.2, 0.25) is 0 Å². The first-order valence-electron chi connectivity index (χ1n) is 5.93. The van der Waals surface area contributed by atoms with E-state index in [4.69, 9.17) is 10.2 Å². The van der Waals surface area contributed by atoms with Crippen LogP contribution in [0.1, 0.15) is 47.7 Å². The van der Waals surface area contributed by atoms with Gasteiger partial charge in [0.05, 0.1) is 5.56 Å². The molecule has 0 aliphatic rings. The highest BCUT2D eigenvalue weighted by molar-refractivity contribution is 5.97. The molecule has 96 valence electrons. The van der Waals surface area contributed by atoms with Gasteiger partial charge in [-0.15, -0.1) is 0 Å². The molecule has 4 heteroatoms. The predicted octanol–water partition coefficient (Wildman–Crippen LogP) is 2.06. The molecule has 0 bridgehead atoms. The van der Waals surface area contributed by atoms with Crippen LogP contribution in [0.5, 0.6) is 0 Å². The van der Waals surface area contributed by atoms with Crippen LogP contribution >= 0.6 is 0 Å². The van der Waals surface area contributed by atoms with Gasteiger partial charge >= 0.3 is 0 Å². The SMILES string of the molecule is CCC(C)(CN)NC(=O)c1c(C)oc(C)c1C. The predicted molar refractivity (Wildman–Crippen MR) is 68.1 cm³/mol. The van der Waals surface area contributed by atoms with Crippen LogP contribution in [0, 0.1) is 20.8 Å². The highest BCUT2D eigenvalue weighted by atomic mass is 16.3. The molecular formula is C13H22N2O2. The van der Waals surface area contributed by atoms with Crippen molar-refractivity contribution in [3.8, 4) is 0 Å². The molecule has 3 N–H and O–H groups in total. The van der Waals surface area contributed by atoms with Crippen LogP contribution in [0.3, 0.4) is 0 Å². The topological polar surface area (TPSA) is 68.3 Å². The molecule has 0 radical (unpaired) electrons. The average molecular weight is 238 g/mol. The molecule has 1 amide bonds. The number of amides is 1. The molecule has 17 heavy (non-hydrogen) atoms. The van der Waals surface area contributed by atoms with Gasteiger partial charge in [-0.25, -0.2) is 0 Å². The van der Waals surface area contributed by atoms with Crippen LogP contribution in [-0.4, -0.2) is 18.0 Å². The summed E-state index contributed by atoms with van der Waals surface area (Å²) < 4.78 is 5.46. The lowest BCUT2D eigenvalue weighted by Gasteiger charge is -2.27. The van der Waals surface area contributed by atoms with Gasteiger partial charge < -0.3 is 15.5 Å². The Kier molecular flexibility index (Phi) is 3.98. The van der Waals surface area contributed by atoms with Gasteiger partial charge in [-0.1, -0.05) is 6.92 Å². The van der Waals surface area contributed by atoms with Crippen LogP contribution in [0.25, 0.3) is 0 Å². The number of nitrogens with one attached hydrogen (secondary N) is 1. The third kappa shape index (κ3) is 2.69. The molecule has 1 heterocycles. The molecule has 1 aromatic rings. The Bertz CT molecular complexity index is 417. The number of hydrogen-bond donors (Lipinski definition) is 2. The standard InChI is InChI=1S/C13H22N2O2/c1-6-13(5,7-14)15-12(16)11-8(2)9(3)17-10(11)4/h6-7,14H2,1-5H3,(H,15,16). The third-order valence-corrected chi connectivity index (χ3v) is 3.43. The van der Waals surface area contributed by atoms with E-state index in [0.29, 0.717) is 17.9 Å². The van der Waals surface area contributed by atoms with E-state index in [1.165, 1.54) is 0 Å². The van der Waals surface area contributed by atoms with Gasteiger partial charge in [0.25, 0.3) is 5.91 Å². The van der Waals surface area contributed by atoms with E-state index in [0.717, 1.165) is 17.7 Å². The fraction of sp³-hybridized carbons (Fsp3) is 0.615. The number of carbonyl (C=O) groups excluding carboxylic acids is 1. The molecule has 1 atom stereocenters. The number of hydrogen-bond acceptors (Lipinski definition) is 3. The highest BCUT2D eigenvalue weighted by Gasteiger charge is 2.26. The molecular weight excluding hydrogens is 216 g/mol. The Balaban J connectivity index is 2.98. The Morgan fingerprint density at radius 3 is 2.29 bits per heavy atom. The van der Waals surface area contributed by atoms with Crippen LogP contribution in [0.15, 0.2) is 4.42 Å². The molecule has 1 rings (SSSR count). The van der Waals surface area contributed by atoms with E-state index in [2.05, 4.69) is 5.32 Å². The van der Waals surface area contributed by atoms with Crippen molar-refractivity contribution >= 4 is 5.91 Å². The maximum atomic E-state index is 12.2. The van der Waals surface area contributed by atoms with Gasteiger partial charge in [-0.2, -0.15) is 0 Å². The van der Waals surface area contributed by atoms with Gasteiger partial charge in [0.15, 0.2) is 0 Å². The largest absolute Gasteiger partial charge is 0.466 e. The minimum absolute atomic E-state index is 0.105. The second-order valence-corrected chi connectivity index (χ2v) is 4.79. The minimum atomic E-state index is -0.360. The number of rotatable bonds is 4. The molecule has 1 unspecified atom stereocenters. The van der Waals surface area contributed by atoms with Crippen LogP contribution in [-0.2, 0) is 0 Å². The number of nitrogens with two attached hydrogens (primary N) is 1. The molecule has 0 saturated carbocycles. The number of aryl methyl sites for hydroxylation is 2. The van der Waals surface area contributed by atoms with Gasteiger partial charge in [0, 0.05) is 17.6 Å². The van der Waals surface area contributed by atoms with E-state index in [1.807, 2.05) is 27.7 Å². The zero-order chi connectivity index (χ0) is 13.2. The monoisotopic (exact) mass is 238 g/mol. The van der Waals surface area contributed by atoms with Crippen LogP contribution in [0.2, 0.25) is 0 Å². The summed E-state index contributed by atoms with van der Waals surface area (Å²) in [5, 5.41) is 2.98. The van der Waals surface area contributed by atoms with Gasteiger partial charge in [0.1, 0.15) is 11.5 Å². The number of furan rings is 1. The maximum Gasteiger partial charge on any atom is 0.255 e. The van der Waals surface area contributed by atoms with Crippen molar-refractivity contribution < 1.29 is 9.21 Å². The normalized spacial score (nSPS) is 14.5. The zero-order valence-corrected chi connectivity index (χ0v) is 11.3. The van der Waals surface area contributed by atoms with Crippen molar-refractivity contribution in [3.05, 3.63) is 22.6 Å². The minimum Gasteiger partial charge on any atom is -0.466 e. The van der Waals surface area contributed by atoms with E-state index in [-0.39, 0.29) is 11.4 Å². The van der Waals surface area contributed by atoms with E-state index < -0.39 is 0 Å². The Hall–Kier alpha value is -1.29. The highest BCUT2D eigenvalue weighted by Crippen LogP contribution is 2.21. The van der Waals surface area contributed by atoms with Crippen LogP contribution < -0.4 is 11.1 Å². The number of carbonyl (C=O) groups is 1. The summed E-state index contributed by atoms with van der Waals surface area (Å²) in [5.41, 5.74) is 6.86. The van der Waals surface area contributed by atoms with Crippen molar-refractivity contribution in [1.82, 2.24) is 5.32 Å². The molecule has 0 aromatic carbocycles. The second kappa shape index (κ2) is 4.92. The Morgan fingerprint density at radius 2 is 1.94 bits per heavy atom. The smallest absolute Gasteiger partial charge is 0.255 e. The van der Waals surface area contributed by atoms with Gasteiger partial charge in [-0.05, 0) is 34.1 Å². The van der Waals surface area contributed by atoms with Crippen molar-refractivity contribution in [2.24, 2.45) is 5.73 Å². The molecule has 4 nitrogen and oxygen atoms in total. The third-order valence-electron chi connectivity index (χ3n) is 3.43. The van der Waals surface area contributed by atoms with E-state index in [1.54, 1.807) is 6.92 Å². The summed E-state index contributed by atoms with van der Waals surface area (Å²) in [7, 11) is 0. The summed E-state index contributed by atoms with van der Waals surface area (Å²) in [5.74, 6) is 1.35. The van der Waals surface area contributed by atoms with Crippen molar-refractivity contribution in [3.63, 3.8) is 0 Å². The first-order valence-corrected chi connectivity index (χ1v) is 5.93. The second-order valence-electron chi connectivity index (χ2n) is 4.79. The summed E-state index contributed by atoms with van der Waals surface area (Å²) in [6.07, 6.45) is 0.796.